The number of nitrogens with zero attached hydrogens (tertiary/aromatic N) is 2. The number of H-pyrrole nitrogens is 2. The molecule has 3 aromatic heterocycles. The predicted octanol–water partition coefficient (Wildman–Crippen LogP) is 3.30. The molecule has 28 heavy (non-hydrogen) atoms. The van der Waals surface area contributed by atoms with Crippen LogP contribution < -0.4 is 10.9 Å². The summed E-state index contributed by atoms with van der Waals surface area (Å²) in [5.74, 6) is 2.78. The van der Waals surface area contributed by atoms with Crippen LogP contribution in [0.1, 0.15) is 11.1 Å². The van der Waals surface area contributed by atoms with Gasteiger partial charge in [-0.25, -0.2) is 4.98 Å². The zero-order valence-corrected chi connectivity index (χ0v) is 16.6. The topological polar surface area (TPSA) is 104 Å². The van der Waals surface area contributed by atoms with E-state index < -0.39 is 0 Å². The van der Waals surface area contributed by atoms with E-state index in [2.05, 4.69) is 47.3 Å². The molecule has 0 unspecified atom stereocenters. The number of carbonyl (C=O) groups is 1. The third-order valence-electron chi connectivity index (χ3n) is 4.09. The van der Waals surface area contributed by atoms with Crippen LogP contribution in [-0.2, 0) is 11.2 Å². The van der Waals surface area contributed by atoms with Crippen LogP contribution in [0.25, 0.3) is 22.3 Å². The smallest absolute Gasteiger partial charge is 0.252 e. The second-order valence-corrected chi connectivity index (χ2v) is 7.65. The third kappa shape index (κ3) is 3.47. The Kier molecular flexibility index (Phi) is 4.81. The molecule has 1 aromatic carbocycles. The summed E-state index contributed by atoms with van der Waals surface area (Å²) < 4.78 is 0.787. The average Bonchev–Trinajstić information content (AvgIpc) is 3.31. The summed E-state index contributed by atoms with van der Waals surface area (Å²) in [6.45, 7) is 0. The number of aromatic amines is 2. The molecule has 138 valence electrons. The minimum absolute atomic E-state index is 0.0725. The van der Waals surface area contributed by atoms with E-state index >= 15 is 0 Å². The third-order valence-corrected chi connectivity index (χ3v) is 5.91. The number of anilines is 1. The van der Waals surface area contributed by atoms with Gasteiger partial charge in [0.2, 0.25) is 5.91 Å². The van der Waals surface area contributed by atoms with Crippen molar-refractivity contribution < 1.29 is 4.79 Å². The van der Waals surface area contributed by atoms with Crippen LogP contribution in [0.3, 0.4) is 0 Å². The second-order valence-electron chi connectivity index (χ2n) is 5.92. The summed E-state index contributed by atoms with van der Waals surface area (Å²) in [4.78, 5) is 31.8. The number of halogens is 1. The van der Waals surface area contributed by atoms with Crippen molar-refractivity contribution in [2.75, 3.05) is 5.32 Å². The van der Waals surface area contributed by atoms with Crippen molar-refractivity contribution in [3.63, 3.8) is 0 Å². The van der Waals surface area contributed by atoms with Gasteiger partial charge in [-0.15, -0.1) is 17.8 Å². The number of rotatable bonds is 4. The van der Waals surface area contributed by atoms with Crippen molar-refractivity contribution >= 4 is 49.1 Å². The Morgan fingerprint density at radius 1 is 1.36 bits per heavy atom. The SMILES string of the molecule is C#Cc1ccc2[nH]c(=O)c(CC(=O)Nc3scc(Br)c3-c3ncn[nH]3)cc2c1. The molecule has 4 aromatic rings. The van der Waals surface area contributed by atoms with Crippen molar-refractivity contribution in [1.29, 1.82) is 0 Å². The lowest BCUT2D eigenvalue weighted by molar-refractivity contribution is -0.115. The van der Waals surface area contributed by atoms with Crippen molar-refractivity contribution in [2.45, 2.75) is 6.42 Å². The highest BCUT2D eigenvalue weighted by molar-refractivity contribution is 9.10. The van der Waals surface area contributed by atoms with E-state index in [1.807, 2.05) is 5.38 Å². The maximum absolute atomic E-state index is 12.6. The van der Waals surface area contributed by atoms with Crippen molar-refractivity contribution in [2.24, 2.45) is 0 Å². The summed E-state index contributed by atoms with van der Waals surface area (Å²) in [5.41, 5.74) is 2.13. The van der Waals surface area contributed by atoms with E-state index in [-0.39, 0.29) is 17.9 Å². The van der Waals surface area contributed by atoms with Crippen LogP contribution in [0.15, 0.2) is 45.2 Å². The Bertz CT molecular complexity index is 1280. The van der Waals surface area contributed by atoms with Crippen LogP contribution in [0.4, 0.5) is 5.00 Å². The van der Waals surface area contributed by atoms with E-state index in [1.54, 1.807) is 24.3 Å². The number of terminal acetylenes is 1. The molecule has 0 atom stereocenters. The van der Waals surface area contributed by atoms with Gasteiger partial charge >= 0.3 is 0 Å². The number of amides is 1. The highest BCUT2D eigenvalue weighted by Crippen LogP contribution is 2.38. The minimum Gasteiger partial charge on any atom is -0.322 e. The number of fused-ring (bicyclic) bond motifs is 1. The van der Waals surface area contributed by atoms with Gasteiger partial charge in [0.1, 0.15) is 11.3 Å². The van der Waals surface area contributed by atoms with Crippen molar-refractivity contribution in [3.05, 3.63) is 61.9 Å². The first-order valence-corrected chi connectivity index (χ1v) is 9.77. The summed E-state index contributed by atoms with van der Waals surface area (Å²) >= 11 is 4.80. The highest BCUT2D eigenvalue weighted by atomic mass is 79.9. The van der Waals surface area contributed by atoms with Gasteiger partial charge in [0.05, 0.1) is 12.0 Å². The molecule has 3 heterocycles. The number of benzene rings is 1. The number of aromatic nitrogens is 4. The van der Waals surface area contributed by atoms with Gasteiger partial charge in [0.25, 0.3) is 5.56 Å². The number of pyridine rings is 1. The molecular formula is C19H12BrN5O2S. The van der Waals surface area contributed by atoms with E-state index in [1.165, 1.54) is 17.7 Å². The lowest BCUT2D eigenvalue weighted by atomic mass is 10.1. The lowest BCUT2D eigenvalue weighted by Gasteiger charge is -2.06. The van der Waals surface area contributed by atoms with Gasteiger partial charge in [-0.3, -0.25) is 14.7 Å². The molecular weight excluding hydrogens is 442 g/mol. The summed E-state index contributed by atoms with van der Waals surface area (Å²) in [6, 6.07) is 6.99. The molecule has 0 spiro atoms. The largest absolute Gasteiger partial charge is 0.322 e. The standard InChI is InChI=1S/C19H12BrN5O2S/c1-2-10-3-4-14-11(5-10)6-12(18(27)23-14)7-15(26)24-19-16(13(20)8-28-19)17-21-9-22-25-17/h1,3-6,8-9H,7H2,(H,23,27)(H,24,26)(H,21,22,25). The summed E-state index contributed by atoms with van der Waals surface area (Å²) in [6.07, 6.45) is 6.75. The zero-order chi connectivity index (χ0) is 19.7. The highest BCUT2D eigenvalue weighted by Gasteiger charge is 2.17. The molecule has 0 aliphatic rings. The maximum atomic E-state index is 12.6. The van der Waals surface area contributed by atoms with Gasteiger partial charge < -0.3 is 10.3 Å². The number of thiophene rings is 1. The summed E-state index contributed by atoms with van der Waals surface area (Å²) in [7, 11) is 0. The molecule has 3 N–H and O–H groups in total. The van der Waals surface area contributed by atoms with Crippen molar-refractivity contribution in [1.82, 2.24) is 20.2 Å². The quantitative estimate of drug-likeness (QED) is 0.412. The first-order chi connectivity index (χ1) is 13.5. The van der Waals surface area contributed by atoms with Crippen LogP contribution >= 0.6 is 27.3 Å². The number of carbonyl (C=O) groups excluding carboxylic acids is 1. The molecule has 0 radical (unpaired) electrons. The van der Waals surface area contributed by atoms with E-state index in [4.69, 9.17) is 6.42 Å². The molecule has 0 fully saturated rings. The van der Waals surface area contributed by atoms with Gasteiger partial charge in [-0.05, 0) is 45.6 Å². The number of nitrogens with one attached hydrogen (secondary N) is 3. The Hall–Kier alpha value is -3.22. The maximum Gasteiger partial charge on any atom is 0.252 e. The lowest BCUT2D eigenvalue weighted by Crippen LogP contribution is -2.21. The van der Waals surface area contributed by atoms with E-state index in [9.17, 15) is 9.59 Å². The Balaban J connectivity index is 1.61. The van der Waals surface area contributed by atoms with Gasteiger partial charge in [-0.1, -0.05) is 5.92 Å². The first-order valence-electron chi connectivity index (χ1n) is 8.10. The van der Waals surface area contributed by atoms with Gasteiger partial charge in [0, 0.05) is 26.5 Å². The fourth-order valence-electron chi connectivity index (χ4n) is 2.79. The number of hydrogen-bond acceptors (Lipinski definition) is 5. The predicted molar refractivity (Wildman–Crippen MR) is 112 cm³/mol. The van der Waals surface area contributed by atoms with Crippen LogP contribution in [0.5, 0.6) is 0 Å². The van der Waals surface area contributed by atoms with E-state index in [0.29, 0.717) is 33.0 Å². The van der Waals surface area contributed by atoms with Crippen LogP contribution in [-0.4, -0.2) is 26.1 Å². The second kappa shape index (κ2) is 7.42. The Morgan fingerprint density at radius 3 is 2.96 bits per heavy atom. The minimum atomic E-state index is -0.312. The molecule has 1 amide bonds. The normalized spacial score (nSPS) is 10.7. The van der Waals surface area contributed by atoms with Crippen LogP contribution in [0.2, 0.25) is 0 Å². The Labute approximate surface area is 171 Å². The molecule has 0 saturated heterocycles. The van der Waals surface area contributed by atoms with Gasteiger partial charge in [-0.2, -0.15) is 5.10 Å². The molecule has 9 heteroatoms. The number of hydrogen-bond donors (Lipinski definition) is 3. The van der Waals surface area contributed by atoms with Gasteiger partial charge in [0.15, 0.2) is 5.82 Å². The fourth-order valence-corrected chi connectivity index (χ4v) is 4.43. The average molecular weight is 454 g/mol. The van der Waals surface area contributed by atoms with Crippen LogP contribution in [0, 0.1) is 12.3 Å². The van der Waals surface area contributed by atoms with E-state index in [0.717, 1.165) is 9.86 Å². The molecule has 0 saturated carbocycles. The molecule has 0 aliphatic carbocycles. The molecule has 7 nitrogen and oxygen atoms in total. The summed E-state index contributed by atoms with van der Waals surface area (Å²) in [5, 5.41) is 12.7. The zero-order valence-electron chi connectivity index (χ0n) is 14.2. The fraction of sp³-hybridized carbons (Fsp3) is 0.0526. The van der Waals surface area contributed by atoms with Crippen molar-refractivity contribution in [3.8, 4) is 23.7 Å². The monoisotopic (exact) mass is 453 g/mol. The molecule has 0 aliphatic heterocycles. The first kappa shape index (κ1) is 18.2. The molecule has 4 rings (SSSR count). The Morgan fingerprint density at radius 2 is 2.21 bits per heavy atom. The molecule has 0 bridgehead atoms.